The molecular weight excluding hydrogens is 334 g/mol. The zero-order chi connectivity index (χ0) is 18.5. The van der Waals surface area contributed by atoms with Gasteiger partial charge >= 0.3 is 0 Å². The number of hydrogen-bond donors (Lipinski definition) is 2. The summed E-state index contributed by atoms with van der Waals surface area (Å²) in [6, 6.07) is 14.6. The van der Waals surface area contributed by atoms with Gasteiger partial charge in [-0.1, -0.05) is 18.2 Å². The Balaban J connectivity index is 1.79. The molecule has 1 heterocycles. The minimum atomic E-state index is -0.579. The molecule has 0 aliphatic rings. The van der Waals surface area contributed by atoms with Crippen LogP contribution < -0.4 is 10.6 Å². The van der Waals surface area contributed by atoms with Crippen molar-refractivity contribution in [1.82, 2.24) is 9.97 Å². The van der Waals surface area contributed by atoms with Gasteiger partial charge in [-0.3, -0.25) is 14.9 Å². The largest absolute Gasteiger partial charge is 0.340 e. The maximum absolute atomic E-state index is 12.4. The van der Waals surface area contributed by atoms with E-state index in [1.165, 1.54) is 24.5 Å². The lowest BCUT2D eigenvalue weighted by molar-refractivity contribution is -0.385. The minimum Gasteiger partial charge on any atom is -0.340 e. The molecule has 8 heteroatoms. The van der Waals surface area contributed by atoms with Gasteiger partial charge in [-0.25, -0.2) is 9.97 Å². The van der Waals surface area contributed by atoms with E-state index in [2.05, 4.69) is 20.6 Å². The number of hydrogen-bond acceptors (Lipinski definition) is 6. The van der Waals surface area contributed by atoms with Crippen LogP contribution >= 0.6 is 0 Å². The smallest absolute Gasteiger partial charge is 0.282 e. The second-order valence-corrected chi connectivity index (χ2v) is 5.48. The van der Waals surface area contributed by atoms with Gasteiger partial charge in [0.1, 0.15) is 17.7 Å². The van der Waals surface area contributed by atoms with Gasteiger partial charge in [0, 0.05) is 29.2 Å². The van der Waals surface area contributed by atoms with Crippen LogP contribution in [0, 0.1) is 17.0 Å². The standard InChI is InChI=1S/C18H15N5O3/c1-12-9-17(20-11-19-12)21-13-5-4-6-14(10-13)22-18(24)15-7-2-3-8-16(15)23(25)26/h2-11H,1H3,(H,22,24)(H,19,20,21). The Morgan fingerprint density at radius 1 is 1.04 bits per heavy atom. The van der Waals surface area contributed by atoms with E-state index in [0.717, 1.165) is 5.69 Å². The van der Waals surface area contributed by atoms with E-state index in [0.29, 0.717) is 17.2 Å². The molecule has 130 valence electrons. The van der Waals surface area contributed by atoms with Gasteiger partial charge in [-0.2, -0.15) is 0 Å². The Kier molecular flexibility index (Phi) is 4.84. The maximum atomic E-state index is 12.4. The van der Waals surface area contributed by atoms with Crippen molar-refractivity contribution in [1.29, 1.82) is 0 Å². The summed E-state index contributed by atoms with van der Waals surface area (Å²) >= 11 is 0. The molecule has 1 aromatic heterocycles. The number of para-hydroxylation sites is 1. The van der Waals surface area contributed by atoms with E-state index in [9.17, 15) is 14.9 Å². The Morgan fingerprint density at radius 3 is 2.58 bits per heavy atom. The predicted molar refractivity (Wildman–Crippen MR) is 97.5 cm³/mol. The molecule has 2 aromatic carbocycles. The molecule has 0 radical (unpaired) electrons. The molecule has 0 bridgehead atoms. The number of rotatable bonds is 5. The van der Waals surface area contributed by atoms with Crippen LogP contribution in [0.5, 0.6) is 0 Å². The molecule has 1 amide bonds. The fraction of sp³-hybridized carbons (Fsp3) is 0.0556. The summed E-state index contributed by atoms with van der Waals surface area (Å²) in [6.45, 7) is 1.86. The van der Waals surface area contributed by atoms with Crippen LogP contribution in [0.1, 0.15) is 16.1 Å². The van der Waals surface area contributed by atoms with Crippen molar-refractivity contribution in [3.63, 3.8) is 0 Å². The Labute approximate surface area is 149 Å². The van der Waals surface area contributed by atoms with E-state index in [1.54, 1.807) is 30.3 Å². The Hall–Kier alpha value is -3.81. The quantitative estimate of drug-likeness (QED) is 0.537. The number of anilines is 3. The minimum absolute atomic E-state index is 0.00212. The lowest BCUT2D eigenvalue weighted by atomic mass is 10.1. The molecule has 3 aromatic rings. The Morgan fingerprint density at radius 2 is 1.81 bits per heavy atom. The van der Waals surface area contributed by atoms with Crippen molar-refractivity contribution in [3.8, 4) is 0 Å². The summed E-state index contributed by atoms with van der Waals surface area (Å²) in [7, 11) is 0. The van der Waals surface area contributed by atoms with Crippen LogP contribution in [-0.2, 0) is 0 Å². The zero-order valence-electron chi connectivity index (χ0n) is 13.8. The molecule has 8 nitrogen and oxygen atoms in total. The third-order valence-corrected chi connectivity index (χ3v) is 3.54. The lowest BCUT2D eigenvalue weighted by Crippen LogP contribution is -2.14. The van der Waals surface area contributed by atoms with Crippen molar-refractivity contribution >= 4 is 28.8 Å². The van der Waals surface area contributed by atoms with Crippen molar-refractivity contribution in [2.45, 2.75) is 6.92 Å². The highest BCUT2D eigenvalue weighted by Crippen LogP contribution is 2.22. The number of benzene rings is 2. The summed E-state index contributed by atoms with van der Waals surface area (Å²) in [5, 5.41) is 16.9. The predicted octanol–water partition coefficient (Wildman–Crippen LogP) is 3.69. The summed E-state index contributed by atoms with van der Waals surface area (Å²) in [5.74, 6) is 0.0759. The van der Waals surface area contributed by atoms with Gasteiger partial charge < -0.3 is 10.6 Å². The van der Waals surface area contributed by atoms with Crippen LogP contribution in [0.3, 0.4) is 0 Å². The molecule has 0 fully saturated rings. The maximum Gasteiger partial charge on any atom is 0.282 e. The van der Waals surface area contributed by atoms with Gasteiger partial charge in [0.05, 0.1) is 4.92 Å². The summed E-state index contributed by atoms with van der Waals surface area (Å²) in [4.78, 5) is 31.0. The van der Waals surface area contributed by atoms with Gasteiger partial charge in [-0.15, -0.1) is 0 Å². The third-order valence-electron chi connectivity index (χ3n) is 3.54. The van der Waals surface area contributed by atoms with Crippen LogP contribution in [-0.4, -0.2) is 20.8 Å². The molecule has 0 aliphatic heterocycles. The molecule has 3 rings (SSSR count). The normalized spacial score (nSPS) is 10.2. The molecule has 0 unspecified atom stereocenters. The number of carbonyl (C=O) groups is 1. The third kappa shape index (κ3) is 3.99. The fourth-order valence-corrected chi connectivity index (χ4v) is 2.37. The van der Waals surface area contributed by atoms with Crippen molar-refractivity contribution in [2.24, 2.45) is 0 Å². The molecule has 0 saturated carbocycles. The first-order valence-electron chi connectivity index (χ1n) is 7.73. The molecule has 0 atom stereocenters. The number of nitrogens with zero attached hydrogens (tertiary/aromatic N) is 3. The van der Waals surface area contributed by atoms with E-state index in [1.807, 2.05) is 13.0 Å². The molecule has 2 N–H and O–H groups in total. The number of nitro groups is 1. The van der Waals surface area contributed by atoms with E-state index < -0.39 is 10.8 Å². The Bertz CT molecular complexity index is 974. The van der Waals surface area contributed by atoms with E-state index in [-0.39, 0.29) is 11.3 Å². The summed E-state index contributed by atoms with van der Waals surface area (Å²) in [6.07, 6.45) is 1.46. The summed E-state index contributed by atoms with van der Waals surface area (Å²) in [5.41, 5.74) is 1.80. The number of nitro benzene ring substituents is 1. The average Bonchev–Trinajstić information content (AvgIpc) is 2.62. The molecule has 0 aliphatic carbocycles. The van der Waals surface area contributed by atoms with Gasteiger partial charge in [0.15, 0.2) is 0 Å². The first-order valence-corrected chi connectivity index (χ1v) is 7.73. The highest BCUT2D eigenvalue weighted by atomic mass is 16.6. The molecule has 0 spiro atoms. The van der Waals surface area contributed by atoms with Crippen LogP contribution in [0.2, 0.25) is 0 Å². The van der Waals surface area contributed by atoms with Gasteiger partial charge in [-0.05, 0) is 31.2 Å². The number of aryl methyl sites for hydroxylation is 1. The number of aromatic nitrogens is 2. The highest BCUT2D eigenvalue weighted by Gasteiger charge is 2.19. The summed E-state index contributed by atoms with van der Waals surface area (Å²) < 4.78 is 0. The zero-order valence-corrected chi connectivity index (χ0v) is 13.8. The van der Waals surface area contributed by atoms with Gasteiger partial charge in [0.2, 0.25) is 0 Å². The SMILES string of the molecule is Cc1cc(Nc2cccc(NC(=O)c3ccccc3[N+](=O)[O-])c2)ncn1. The first-order chi connectivity index (χ1) is 12.5. The first kappa shape index (κ1) is 17.0. The number of carbonyl (C=O) groups excluding carboxylic acids is 1. The molecular formula is C18H15N5O3. The van der Waals surface area contributed by atoms with Crippen molar-refractivity contribution in [3.05, 3.63) is 82.3 Å². The second kappa shape index (κ2) is 7.39. The molecule has 26 heavy (non-hydrogen) atoms. The second-order valence-electron chi connectivity index (χ2n) is 5.48. The monoisotopic (exact) mass is 349 g/mol. The van der Waals surface area contributed by atoms with Crippen molar-refractivity contribution < 1.29 is 9.72 Å². The van der Waals surface area contributed by atoms with E-state index >= 15 is 0 Å². The van der Waals surface area contributed by atoms with Crippen LogP contribution in [0.15, 0.2) is 60.9 Å². The lowest BCUT2D eigenvalue weighted by Gasteiger charge is -2.09. The fourth-order valence-electron chi connectivity index (χ4n) is 2.37. The van der Waals surface area contributed by atoms with E-state index in [4.69, 9.17) is 0 Å². The molecule has 0 saturated heterocycles. The van der Waals surface area contributed by atoms with Crippen LogP contribution in [0.4, 0.5) is 22.9 Å². The average molecular weight is 349 g/mol. The number of amides is 1. The van der Waals surface area contributed by atoms with Crippen LogP contribution in [0.25, 0.3) is 0 Å². The van der Waals surface area contributed by atoms with Gasteiger partial charge in [0.25, 0.3) is 11.6 Å². The number of nitrogens with one attached hydrogen (secondary N) is 2. The highest BCUT2D eigenvalue weighted by molar-refractivity contribution is 6.07. The topological polar surface area (TPSA) is 110 Å². The van der Waals surface area contributed by atoms with Crippen molar-refractivity contribution in [2.75, 3.05) is 10.6 Å².